The Balaban J connectivity index is 2.29. The molecule has 0 spiro atoms. The molecule has 1 atom stereocenters. The van der Waals surface area contributed by atoms with Gasteiger partial charge in [0.1, 0.15) is 0 Å². The molecule has 0 radical (unpaired) electrons. The lowest BCUT2D eigenvalue weighted by molar-refractivity contribution is 0.315. The zero-order valence-electron chi connectivity index (χ0n) is 13.5. The largest absolute Gasteiger partial charge is 0.327 e. The van der Waals surface area contributed by atoms with Crippen LogP contribution in [0, 0.1) is 6.92 Å². The average molecular weight is 281 g/mol. The second kappa shape index (κ2) is 6.91. The summed E-state index contributed by atoms with van der Waals surface area (Å²) in [5.41, 5.74) is 10.8. The van der Waals surface area contributed by atoms with Gasteiger partial charge in [0.2, 0.25) is 0 Å². The molecule has 21 heavy (non-hydrogen) atoms. The highest BCUT2D eigenvalue weighted by molar-refractivity contribution is 5.30. The first kappa shape index (κ1) is 15.8. The Morgan fingerprint density at radius 2 is 1.62 bits per heavy atom. The van der Waals surface area contributed by atoms with Crippen LogP contribution in [0.5, 0.6) is 0 Å². The molecule has 1 unspecified atom stereocenters. The van der Waals surface area contributed by atoms with Gasteiger partial charge in [-0.05, 0) is 37.3 Å². The Morgan fingerprint density at radius 1 is 0.952 bits per heavy atom. The fourth-order valence-electron chi connectivity index (χ4n) is 3.46. The summed E-state index contributed by atoms with van der Waals surface area (Å²) in [7, 11) is 0. The lowest BCUT2D eigenvalue weighted by Crippen LogP contribution is -2.46. The summed E-state index contributed by atoms with van der Waals surface area (Å²) in [6, 6.07) is 19.6. The second-order valence-electron chi connectivity index (χ2n) is 6.03. The van der Waals surface area contributed by atoms with E-state index in [4.69, 9.17) is 5.73 Å². The van der Waals surface area contributed by atoms with Crippen molar-refractivity contribution in [2.45, 2.75) is 51.5 Å². The van der Waals surface area contributed by atoms with E-state index in [0.29, 0.717) is 0 Å². The van der Waals surface area contributed by atoms with Crippen molar-refractivity contribution in [2.75, 3.05) is 0 Å². The fraction of sp³-hybridized carbons (Fsp3) is 0.400. The van der Waals surface area contributed by atoms with Crippen molar-refractivity contribution in [1.82, 2.24) is 0 Å². The molecule has 0 amide bonds. The molecule has 1 heteroatoms. The third kappa shape index (κ3) is 3.36. The highest BCUT2D eigenvalue weighted by Crippen LogP contribution is 2.35. The van der Waals surface area contributed by atoms with Gasteiger partial charge in [0.05, 0.1) is 0 Å². The van der Waals surface area contributed by atoms with Gasteiger partial charge in [-0.15, -0.1) is 0 Å². The Bertz CT molecular complexity index is 555. The molecular weight excluding hydrogens is 254 g/mol. The van der Waals surface area contributed by atoms with Gasteiger partial charge in [-0.2, -0.15) is 0 Å². The highest BCUT2D eigenvalue weighted by Gasteiger charge is 2.34. The van der Waals surface area contributed by atoms with Crippen LogP contribution in [0.15, 0.2) is 54.6 Å². The summed E-state index contributed by atoms with van der Waals surface area (Å²) in [6.45, 7) is 6.65. The number of hydrogen-bond acceptors (Lipinski definition) is 1. The predicted octanol–water partition coefficient (Wildman–Crippen LogP) is 4.62. The number of aryl methyl sites for hydroxylation is 1. The number of hydrogen-bond donors (Lipinski definition) is 1. The molecule has 0 aliphatic rings. The van der Waals surface area contributed by atoms with Crippen molar-refractivity contribution in [1.29, 1.82) is 0 Å². The van der Waals surface area contributed by atoms with Crippen LogP contribution in [0.4, 0.5) is 0 Å². The summed E-state index contributed by atoms with van der Waals surface area (Å²) in [4.78, 5) is 0. The van der Waals surface area contributed by atoms with Crippen LogP contribution < -0.4 is 5.73 Å². The summed E-state index contributed by atoms with van der Waals surface area (Å²) < 4.78 is 0. The molecular formula is C20H27N. The first-order valence-electron chi connectivity index (χ1n) is 7.99. The third-order valence-electron chi connectivity index (χ3n) is 4.86. The molecule has 1 nitrogen and oxygen atoms in total. The van der Waals surface area contributed by atoms with E-state index >= 15 is 0 Å². The first-order valence-corrected chi connectivity index (χ1v) is 7.99. The zero-order chi connectivity index (χ0) is 15.3. The van der Waals surface area contributed by atoms with Gasteiger partial charge >= 0.3 is 0 Å². The molecule has 112 valence electrons. The maximum Gasteiger partial charge on any atom is 0.0177 e. The minimum Gasteiger partial charge on any atom is -0.327 e. The smallest absolute Gasteiger partial charge is 0.0177 e. The molecule has 0 saturated heterocycles. The van der Waals surface area contributed by atoms with E-state index in [9.17, 15) is 0 Å². The molecule has 0 aromatic heterocycles. The maximum absolute atomic E-state index is 6.69. The van der Waals surface area contributed by atoms with Crippen molar-refractivity contribution in [3.05, 3.63) is 71.3 Å². The lowest BCUT2D eigenvalue weighted by Gasteiger charge is -2.38. The Morgan fingerprint density at radius 3 is 2.19 bits per heavy atom. The minimum absolute atomic E-state index is 0.0605. The van der Waals surface area contributed by atoms with E-state index in [2.05, 4.69) is 75.4 Å². The maximum atomic E-state index is 6.69. The Kier molecular flexibility index (Phi) is 5.19. The molecule has 0 saturated carbocycles. The van der Waals surface area contributed by atoms with Crippen molar-refractivity contribution in [2.24, 2.45) is 5.73 Å². The van der Waals surface area contributed by atoms with Gasteiger partial charge in [0.15, 0.2) is 0 Å². The topological polar surface area (TPSA) is 26.0 Å². The Labute approximate surface area is 129 Å². The van der Waals surface area contributed by atoms with Crippen LogP contribution in [-0.4, -0.2) is 6.04 Å². The monoisotopic (exact) mass is 281 g/mol. The van der Waals surface area contributed by atoms with E-state index < -0.39 is 0 Å². The van der Waals surface area contributed by atoms with Crippen LogP contribution in [0.3, 0.4) is 0 Å². The molecule has 0 bridgehead atoms. The van der Waals surface area contributed by atoms with E-state index in [1.165, 1.54) is 16.7 Å². The van der Waals surface area contributed by atoms with Gasteiger partial charge in [0, 0.05) is 11.5 Å². The SMILES string of the molecule is CCC(CC)(c1ccccc1)C(N)Cc1cccc(C)c1. The van der Waals surface area contributed by atoms with E-state index in [-0.39, 0.29) is 11.5 Å². The third-order valence-corrected chi connectivity index (χ3v) is 4.86. The van der Waals surface area contributed by atoms with Crippen LogP contribution in [0.2, 0.25) is 0 Å². The van der Waals surface area contributed by atoms with E-state index in [1.54, 1.807) is 0 Å². The summed E-state index contributed by atoms with van der Waals surface area (Å²) in [5.74, 6) is 0. The Hall–Kier alpha value is -1.60. The molecule has 0 aliphatic carbocycles. The van der Waals surface area contributed by atoms with E-state index in [1.807, 2.05) is 0 Å². The van der Waals surface area contributed by atoms with Gasteiger partial charge in [-0.3, -0.25) is 0 Å². The molecule has 2 aromatic carbocycles. The van der Waals surface area contributed by atoms with Gasteiger partial charge in [-0.1, -0.05) is 74.0 Å². The molecule has 0 fully saturated rings. The normalized spacial score (nSPS) is 13.1. The molecule has 0 aliphatic heterocycles. The molecule has 2 rings (SSSR count). The van der Waals surface area contributed by atoms with Crippen molar-refractivity contribution < 1.29 is 0 Å². The van der Waals surface area contributed by atoms with Gasteiger partial charge < -0.3 is 5.73 Å². The summed E-state index contributed by atoms with van der Waals surface area (Å²) >= 11 is 0. The fourth-order valence-corrected chi connectivity index (χ4v) is 3.46. The highest BCUT2D eigenvalue weighted by atomic mass is 14.7. The molecule has 2 aromatic rings. The van der Waals surface area contributed by atoms with E-state index in [0.717, 1.165) is 19.3 Å². The summed E-state index contributed by atoms with van der Waals surface area (Å²) in [6.07, 6.45) is 3.07. The van der Waals surface area contributed by atoms with Crippen LogP contribution in [0.1, 0.15) is 43.4 Å². The number of rotatable bonds is 6. The number of nitrogens with two attached hydrogens (primary N) is 1. The van der Waals surface area contributed by atoms with Crippen molar-refractivity contribution in [3.63, 3.8) is 0 Å². The second-order valence-corrected chi connectivity index (χ2v) is 6.03. The quantitative estimate of drug-likeness (QED) is 0.821. The standard InChI is InChI=1S/C20H27N/c1-4-20(5-2,18-12-7-6-8-13-18)19(21)15-17-11-9-10-16(3)14-17/h6-14,19H,4-5,15,21H2,1-3H3. The molecule has 0 heterocycles. The first-order chi connectivity index (χ1) is 10.1. The van der Waals surface area contributed by atoms with Gasteiger partial charge in [-0.25, -0.2) is 0 Å². The predicted molar refractivity (Wildman–Crippen MR) is 91.6 cm³/mol. The van der Waals surface area contributed by atoms with Crippen LogP contribution in [0.25, 0.3) is 0 Å². The average Bonchev–Trinajstić information content (AvgIpc) is 2.50. The van der Waals surface area contributed by atoms with Crippen molar-refractivity contribution in [3.8, 4) is 0 Å². The molecule has 2 N–H and O–H groups in total. The van der Waals surface area contributed by atoms with Crippen molar-refractivity contribution >= 4 is 0 Å². The van der Waals surface area contributed by atoms with Gasteiger partial charge in [0.25, 0.3) is 0 Å². The zero-order valence-corrected chi connectivity index (χ0v) is 13.5. The summed E-state index contributed by atoms with van der Waals surface area (Å²) in [5, 5.41) is 0. The van der Waals surface area contributed by atoms with Crippen LogP contribution in [-0.2, 0) is 11.8 Å². The minimum atomic E-state index is 0.0605. The lowest BCUT2D eigenvalue weighted by atomic mass is 9.69. The number of benzene rings is 2. The van der Waals surface area contributed by atoms with Crippen LogP contribution >= 0.6 is 0 Å².